The maximum absolute atomic E-state index is 9.60. The molecule has 0 amide bonds. The first kappa shape index (κ1) is 16.7. The first-order valence-corrected chi connectivity index (χ1v) is 6.23. The summed E-state index contributed by atoms with van der Waals surface area (Å²) >= 11 is 0. The average molecular weight is 252 g/mol. The van der Waals surface area contributed by atoms with Crippen molar-refractivity contribution < 1.29 is 9.53 Å². The van der Waals surface area contributed by atoms with E-state index in [1.165, 1.54) is 0 Å². The van der Waals surface area contributed by atoms with Crippen molar-refractivity contribution in [1.82, 2.24) is 5.32 Å². The zero-order chi connectivity index (χ0) is 14.1. The molecule has 0 atom stereocenters. The minimum absolute atomic E-state index is 0.104. The van der Waals surface area contributed by atoms with Gasteiger partial charge in [-0.25, -0.2) is 0 Å². The highest BCUT2D eigenvalue weighted by Gasteiger charge is 2.30. The fourth-order valence-electron chi connectivity index (χ4n) is 1.69. The van der Waals surface area contributed by atoms with Crippen molar-refractivity contribution >= 4 is 6.47 Å². The summed E-state index contributed by atoms with van der Waals surface area (Å²) in [6.45, 7) is 11.5. The highest BCUT2D eigenvalue weighted by atomic mass is 16.5. The summed E-state index contributed by atoms with van der Waals surface area (Å²) in [5.74, 6) is 0. The van der Waals surface area contributed by atoms with Crippen LogP contribution in [0.25, 0.3) is 0 Å². The van der Waals surface area contributed by atoms with Crippen molar-refractivity contribution in [3.63, 3.8) is 0 Å². The van der Waals surface area contributed by atoms with E-state index in [4.69, 9.17) is 5.26 Å². The Labute approximate surface area is 110 Å². The van der Waals surface area contributed by atoms with Crippen LogP contribution < -0.4 is 5.32 Å². The molecule has 0 bridgehead atoms. The fraction of sp³-hybridized carbons (Fsp3) is 0.714. The minimum atomic E-state index is -0.318. The predicted molar refractivity (Wildman–Crippen MR) is 71.9 cm³/mol. The maximum Gasteiger partial charge on any atom is 0.293 e. The summed E-state index contributed by atoms with van der Waals surface area (Å²) in [6.07, 6.45) is 4.63. The first-order chi connectivity index (χ1) is 8.39. The van der Waals surface area contributed by atoms with Crippen molar-refractivity contribution in [1.29, 1.82) is 5.26 Å². The molecule has 0 unspecified atom stereocenters. The predicted octanol–water partition coefficient (Wildman–Crippen LogP) is 2.41. The lowest BCUT2D eigenvalue weighted by atomic mass is 9.78. The van der Waals surface area contributed by atoms with Crippen LogP contribution in [0.1, 0.15) is 40.0 Å². The Bertz CT molecular complexity index is 294. The third-order valence-electron chi connectivity index (χ3n) is 2.73. The van der Waals surface area contributed by atoms with E-state index in [1.54, 1.807) is 0 Å². The summed E-state index contributed by atoms with van der Waals surface area (Å²) in [6, 6.07) is 2.41. The molecule has 1 saturated heterocycles. The molecular weight excluding hydrogens is 228 g/mol. The number of carbonyl (C=O) groups is 1. The molecule has 0 aromatic carbocycles. The van der Waals surface area contributed by atoms with Gasteiger partial charge in [0.2, 0.25) is 0 Å². The summed E-state index contributed by atoms with van der Waals surface area (Å²) in [7, 11) is 0. The number of ether oxygens (including phenoxy) is 1. The molecule has 1 aliphatic rings. The third-order valence-corrected chi connectivity index (χ3v) is 2.73. The molecule has 0 spiro atoms. The Hall–Kier alpha value is -1.34. The van der Waals surface area contributed by atoms with Crippen LogP contribution in [0.3, 0.4) is 0 Å². The molecule has 0 aliphatic carbocycles. The van der Waals surface area contributed by atoms with Crippen LogP contribution in [0.5, 0.6) is 0 Å². The van der Waals surface area contributed by atoms with E-state index in [1.807, 2.05) is 26.8 Å². The molecule has 1 fully saturated rings. The van der Waals surface area contributed by atoms with Crippen LogP contribution in [0.4, 0.5) is 0 Å². The summed E-state index contributed by atoms with van der Waals surface area (Å²) in [5.41, 5.74) is -0.422. The zero-order valence-corrected chi connectivity index (χ0v) is 11.7. The highest BCUT2D eigenvalue weighted by Crippen LogP contribution is 2.31. The topological polar surface area (TPSA) is 62.1 Å². The fourth-order valence-corrected chi connectivity index (χ4v) is 1.69. The second-order valence-corrected chi connectivity index (χ2v) is 5.46. The quantitative estimate of drug-likeness (QED) is 0.619. The Morgan fingerprint density at radius 3 is 2.28 bits per heavy atom. The van der Waals surface area contributed by atoms with E-state index in [0.717, 1.165) is 32.4 Å². The molecule has 1 N–H and O–H groups in total. The average Bonchev–Trinajstić information content (AvgIpc) is 2.30. The first-order valence-electron chi connectivity index (χ1n) is 6.23. The molecule has 0 saturated carbocycles. The van der Waals surface area contributed by atoms with Crippen molar-refractivity contribution in [2.75, 3.05) is 13.1 Å². The number of nitrogens with one attached hydrogen (secondary N) is 1. The van der Waals surface area contributed by atoms with Gasteiger partial charge in [-0.3, -0.25) is 4.79 Å². The third kappa shape index (κ3) is 7.08. The van der Waals surface area contributed by atoms with Gasteiger partial charge in [0.05, 0.1) is 11.5 Å². The second-order valence-electron chi connectivity index (χ2n) is 5.46. The number of rotatable bonds is 3. The standard InChI is InChI=1S/C9H14N2.C5H10O2/c1-2-3-9(8-10)4-6-11-7-5-9;1-5(2,3)7-4-6/h2,11H,1,3-7H2;4H,1-3H3. The second kappa shape index (κ2) is 7.88. The van der Waals surface area contributed by atoms with Gasteiger partial charge in [0.1, 0.15) is 5.60 Å². The van der Waals surface area contributed by atoms with Gasteiger partial charge >= 0.3 is 0 Å². The van der Waals surface area contributed by atoms with Gasteiger partial charge in [-0.05, 0) is 53.1 Å². The SMILES string of the molecule is C=CCC1(C#N)CCNCC1.CC(C)(C)OC=O. The molecule has 0 radical (unpaired) electrons. The van der Waals surface area contributed by atoms with Gasteiger partial charge in [0.15, 0.2) is 0 Å². The zero-order valence-electron chi connectivity index (χ0n) is 11.7. The number of nitriles is 1. The largest absolute Gasteiger partial charge is 0.462 e. The summed E-state index contributed by atoms with van der Waals surface area (Å²) in [5, 5.41) is 12.2. The molecular formula is C14H24N2O2. The molecule has 18 heavy (non-hydrogen) atoms. The lowest BCUT2D eigenvalue weighted by Crippen LogP contribution is -2.35. The molecule has 4 nitrogen and oxygen atoms in total. The van der Waals surface area contributed by atoms with Crippen LogP contribution >= 0.6 is 0 Å². The summed E-state index contributed by atoms with van der Waals surface area (Å²) < 4.78 is 4.55. The number of allylic oxidation sites excluding steroid dienone is 1. The molecule has 1 heterocycles. The lowest BCUT2D eigenvalue weighted by molar-refractivity contribution is -0.138. The van der Waals surface area contributed by atoms with Crippen LogP contribution in [0, 0.1) is 16.7 Å². The van der Waals surface area contributed by atoms with E-state index < -0.39 is 0 Å². The van der Waals surface area contributed by atoms with Crippen molar-refractivity contribution in [3.05, 3.63) is 12.7 Å². The number of carbonyl (C=O) groups excluding carboxylic acids is 1. The molecule has 4 heteroatoms. The Kier molecular flexibility index (Phi) is 7.30. The Balaban J connectivity index is 0.000000360. The van der Waals surface area contributed by atoms with Gasteiger partial charge in [-0.1, -0.05) is 6.08 Å². The van der Waals surface area contributed by atoms with E-state index >= 15 is 0 Å². The van der Waals surface area contributed by atoms with Gasteiger partial charge in [0, 0.05) is 0 Å². The van der Waals surface area contributed by atoms with Crippen molar-refractivity contribution in [3.8, 4) is 6.07 Å². The highest BCUT2D eigenvalue weighted by molar-refractivity contribution is 5.37. The molecule has 102 valence electrons. The van der Waals surface area contributed by atoms with Crippen LogP contribution in [0.2, 0.25) is 0 Å². The molecule has 1 rings (SSSR count). The van der Waals surface area contributed by atoms with Crippen LogP contribution in [-0.2, 0) is 9.53 Å². The number of nitrogens with zero attached hydrogens (tertiary/aromatic N) is 1. The van der Waals surface area contributed by atoms with Gasteiger partial charge in [-0.15, -0.1) is 6.58 Å². The molecule has 0 aromatic heterocycles. The van der Waals surface area contributed by atoms with Crippen molar-refractivity contribution in [2.45, 2.75) is 45.6 Å². The Morgan fingerprint density at radius 2 is 2.00 bits per heavy atom. The van der Waals surface area contributed by atoms with E-state index in [0.29, 0.717) is 6.47 Å². The smallest absolute Gasteiger partial charge is 0.293 e. The lowest BCUT2D eigenvalue weighted by Gasteiger charge is -2.29. The molecule has 0 aromatic rings. The number of hydrogen-bond donors (Lipinski definition) is 1. The molecule has 1 aliphatic heterocycles. The van der Waals surface area contributed by atoms with E-state index in [9.17, 15) is 4.79 Å². The minimum Gasteiger partial charge on any atom is -0.462 e. The monoisotopic (exact) mass is 252 g/mol. The van der Waals surface area contributed by atoms with Crippen molar-refractivity contribution in [2.24, 2.45) is 5.41 Å². The Morgan fingerprint density at radius 1 is 1.44 bits per heavy atom. The number of hydrogen-bond acceptors (Lipinski definition) is 4. The van der Waals surface area contributed by atoms with E-state index in [-0.39, 0.29) is 11.0 Å². The number of piperidine rings is 1. The van der Waals surface area contributed by atoms with Gasteiger partial charge in [0.25, 0.3) is 6.47 Å². The van der Waals surface area contributed by atoms with Crippen LogP contribution in [-0.4, -0.2) is 25.2 Å². The van der Waals surface area contributed by atoms with Crippen LogP contribution in [0.15, 0.2) is 12.7 Å². The van der Waals surface area contributed by atoms with Gasteiger partial charge in [-0.2, -0.15) is 5.26 Å². The normalized spacial score (nSPS) is 17.7. The summed E-state index contributed by atoms with van der Waals surface area (Å²) in [4.78, 5) is 9.60. The van der Waals surface area contributed by atoms with E-state index in [2.05, 4.69) is 22.7 Å². The maximum atomic E-state index is 9.60. The van der Waals surface area contributed by atoms with Gasteiger partial charge < -0.3 is 10.1 Å².